The largest absolute Gasteiger partial charge is 0.466 e. The van der Waals surface area contributed by atoms with Gasteiger partial charge < -0.3 is 4.90 Å². The van der Waals surface area contributed by atoms with Crippen molar-refractivity contribution in [2.45, 2.75) is 32.9 Å². The first-order chi connectivity index (χ1) is 6.16. The van der Waals surface area contributed by atoms with Gasteiger partial charge in [0.1, 0.15) is 0 Å². The summed E-state index contributed by atoms with van der Waals surface area (Å²) in [6, 6.07) is 0. The molecule has 0 aliphatic carbocycles. The Morgan fingerprint density at radius 2 is 2.23 bits per heavy atom. The van der Waals surface area contributed by atoms with Gasteiger partial charge in [-0.2, -0.15) is 0 Å². The smallest absolute Gasteiger partial charge is 0.314 e. The molecule has 0 bridgehead atoms. The lowest BCUT2D eigenvalue weighted by molar-refractivity contribution is -0.482. The summed E-state index contributed by atoms with van der Waals surface area (Å²) in [6.07, 6.45) is 5.58. The molecule has 0 radical (unpaired) electrons. The lowest BCUT2D eigenvalue weighted by atomic mass is 10.3. The quantitative estimate of drug-likeness (QED) is 0.642. The molecule has 1 heterocycles. The highest BCUT2D eigenvalue weighted by molar-refractivity contribution is 7.59. The second-order valence-corrected chi connectivity index (χ2v) is 3.95. The van der Waals surface area contributed by atoms with Crippen LogP contribution in [0.5, 0.6) is 0 Å². The fourth-order valence-electron chi connectivity index (χ4n) is 1.32. The molecule has 13 heavy (non-hydrogen) atoms. The molecule has 1 aliphatic rings. The third-order valence-electron chi connectivity index (χ3n) is 2.20. The summed E-state index contributed by atoms with van der Waals surface area (Å²) in [5, 5.41) is 0. The minimum Gasteiger partial charge on any atom is -0.314 e. The zero-order valence-electron chi connectivity index (χ0n) is 7.97. The van der Waals surface area contributed by atoms with E-state index in [1.165, 1.54) is 3.95 Å². The maximum atomic E-state index is 10.7. The highest BCUT2D eigenvalue weighted by atomic mass is 32.2. The molecule has 0 N–H and O–H groups in total. The third kappa shape index (κ3) is 2.30. The predicted octanol–water partition coefficient (Wildman–Crippen LogP) is 0.995. The van der Waals surface area contributed by atoms with Gasteiger partial charge >= 0.3 is 10.5 Å². The van der Waals surface area contributed by atoms with Crippen LogP contribution in [0.15, 0.2) is 12.4 Å². The first kappa shape index (κ1) is 10.2. The maximum Gasteiger partial charge on any atom is 0.466 e. The van der Waals surface area contributed by atoms with Crippen molar-refractivity contribution in [3.8, 4) is 0 Å². The molecule has 0 aromatic carbocycles. The van der Waals surface area contributed by atoms with Crippen molar-refractivity contribution < 1.29 is 12.4 Å². The minimum atomic E-state index is -2.14. The number of unbranched alkanes of at least 4 members (excludes halogenated alkanes) is 1. The molecule has 0 aromatic rings. The average Bonchev–Trinajstić information content (AvgIpc) is 2.43. The second kappa shape index (κ2) is 4.41. The second-order valence-electron chi connectivity index (χ2n) is 3.10. The molecule has 0 spiro atoms. The highest BCUT2D eigenvalue weighted by Gasteiger charge is 2.27. The van der Waals surface area contributed by atoms with Gasteiger partial charge in [-0.15, -0.1) is 8.42 Å². The fraction of sp³-hybridized carbons (Fsp3) is 0.750. The van der Waals surface area contributed by atoms with Crippen molar-refractivity contribution in [1.82, 2.24) is 4.90 Å². The van der Waals surface area contributed by atoms with Gasteiger partial charge in [0.25, 0.3) is 0 Å². The zero-order valence-corrected chi connectivity index (χ0v) is 8.79. The van der Waals surface area contributed by atoms with Crippen LogP contribution in [0.4, 0.5) is 0 Å². The van der Waals surface area contributed by atoms with E-state index in [1.54, 1.807) is 6.20 Å². The molecule has 0 amide bonds. The summed E-state index contributed by atoms with van der Waals surface area (Å²) in [5.41, 5.74) is 0. The fourth-order valence-corrected chi connectivity index (χ4v) is 1.85. The molecule has 1 unspecified atom stereocenters. The van der Waals surface area contributed by atoms with E-state index in [0.717, 1.165) is 19.4 Å². The Labute approximate surface area is 80.2 Å². The van der Waals surface area contributed by atoms with Crippen molar-refractivity contribution in [3.63, 3.8) is 0 Å². The molecule has 0 saturated heterocycles. The Hall–Kier alpha value is -0.840. The van der Waals surface area contributed by atoms with Crippen molar-refractivity contribution in [3.05, 3.63) is 12.4 Å². The molecule has 0 fully saturated rings. The van der Waals surface area contributed by atoms with Crippen molar-refractivity contribution in [2.24, 2.45) is 0 Å². The number of rotatable bonds is 3. The molecular formula is C8H15N2O2S+. The predicted molar refractivity (Wildman–Crippen MR) is 49.4 cm³/mol. The Kier molecular flexibility index (Phi) is 3.48. The Morgan fingerprint density at radius 3 is 2.69 bits per heavy atom. The normalized spacial score (nSPS) is 21.2. The van der Waals surface area contributed by atoms with E-state index in [4.69, 9.17) is 0 Å². The van der Waals surface area contributed by atoms with E-state index in [9.17, 15) is 8.42 Å². The molecule has 5 heteroatoms. The molecular weight excluding hydrogens is 188 g/mol. The molecule has 1 atom stereocenters. The van der Waals surface area contributed by atoms with Gasteiger partial charge in [0.2, 0.25) is 12.4 Å². The van der Waals surface area contributed by atoms with Gasteiger partial charge in [-0.05, 0) is 6.42 Å². The van der Waals surface area contributed by atoms with Crippen LogP contribution in [0.25, 0.3) is 0 Å². The minimum absolute atomic E-state index is 0.0649. The summed E-state index contributed by atoms with van der Waals surface area (Å²) in [7, 11) is -2.14. The van der Waals surface area contributed by atoms with E-state index in [2.05, 4.69) is 6.92 Å². The van der Waals surface area contributed by atoms with Crippen LogP contribution in [0.1, 0.15) is 26.7 Å². The van der Waals surface area contributed by atoms with Crippen LogP contribution in [-0.2, 0) is 10.5 Å². The van der Waals surface area contributed by atoms with Gasteiger partial charge in [0.15, 0.2) is 0 Å². The molecule has 74 valence electrons. The summed E-state index contributed by atoms with van der Waals surface area (Å²) in [6.45, 7) is 4.92. The van der Waals surface area contributed by atoms with Gasteiger partial charge in [0.05, 0.1) is 6.20 Å². The van der Waals surface area contributed by atoms with Crippen LogP contribution in [0, 0.1) is 0 Å². The lowest BCUT2D eigenvalue weighted by Crippen LogP contribution is -2.31. The van der Waals surface area contributed by atoms with Crippen LogP contribution < -0.4 is 0 Å². The van der Waals surface area contributed by atoms with E-state index >= 15 is 0 Å². The lowest BCUT2D eigenvalue weighted by Gasteiger charge is -2.15. The monoisotopic (exact) mass is 203 g/mol. The average molecular weight is 203 g/mol. The SMILES string of the molecule is CCCCN1C=C[N+](=S(=O)=O)C1C. The van der Waals surface area contributed by atoms with Crippen LogP contribution in [0.3, 0.4) is 0 Å². The molecule has 0 aromatic heterocycles. The van der Waals surface area contributed by atoms with Crippen LogP contribution in [-0.4, -0.2) is 30.0 Å². The van der Waals surface area contributed by atoms with E-state index in [-0.39, 0.29) is 6.17 Å². The van der Waals surface area contributed by atoms with Crippen LogP contribution >= 0.6 is 0 Å². The Morgan fingerprint density at radius 1 is 1.54 bits per heavy atom. The number of hydrogen-bond donors (Lipinski definition) is 0. The van der Waals surface area contributed by atoms with Gasteiger partial charge in [-0.3, -0.25) is 0 Å². The first-order valence-corrected chi connectivity index (χ1v) is 5.51. The standard InChI is InChI=1S/C8H15N2O2S/c1-3-4-5-9-6-7-10(8(9)2)13(11)12/h6-8H,3-5H2,1-2H3/q+1. The molecule has 4 nitrogen and oxygen atoms in total. The van der Waals surface area contributed by atoms with E-state index in [0.29, 0.717) is 0 Å². The zero-order chi connectivity index (χ0) is 9.84. The maximum absolute atomic E-state index is 10.7. The summed E-state index contributed by atoms with van der Waals surface area (Å²) >= 11 is 0. The highest BCUT2D eigenvalue weighted by Crippen LogP contribution is 2.11. The van der Waals surface area contributed by atoms with Crippen molar-refractivity contribution >= 4 is 10.5 Å². The molecule has 0 saturated carbocycles. The van der Waals surface area contributed by atoms with Crippen LogP contribution in [0.2, 0.25) is 0 Å². The van der Waals surface area contributed by atoms with Crippen molar-refractivity contribution in [2.75, 3.05) is 6.54 Å². The summed E-state index contributed by atoms with van der Waals surface area (Å²) in [4.78, 5) is 2.03. The number of hydrogen-bond acceptors (Lipinski definition) is 3. The molecule has 1 rings (SSSR count). The van der Waals surface area contributed by atoms with E-state index < -0.39 is 10.5 Å². The van der Waals surface area contributed by atoms with Gasteiger partial charge in [0, 0.05) is 13.5 Å². The first-order valence-electron chi connectivity index (χ1n) is 4.48. The van der Waals surface area contributed by atoms with Gasteiger partial charge in [-0.25, -0.2) is 0 Å². The Bertz CT molecular complexity index is 324. The van der Waals surface area contributed by atoms with Crippen molar-refractivity contribution in [1.29, 1.82) is 0 Å². The molecule has 1 aliphatic heterocycles. The van der Waals surface area contributed by atoms with Gasteiger partial charge in [-0.1, -0.05) is 17.3 Å². The number of nitrogens with zero attached hydrogens (tertiary/aromatic N) is 2. The van der Waals surface area contributed by atoms with E-state index in [1.807, 2.05) is 18.0 Å². The Balaban J connectivity index is 2.67. The summed E-state index contributed by atoms with van der Waals surface area (Å²) in [5.74, 6) is 0. The topological polar surface area (TPSA) is 40.4 Å². The summed E-state index contributed by atoms with van der Waals surface area (Å²) < 4.78 is 22.7. The third-order valence-corrected chi connectivity index (χ3v) is 2.97.